The number of nitrogens with one attached hydrogen (secondary N) is 2. The number of nitrogens with zero attached hydrogens (tertiary/aromatic N) is 1. The first-order valence-electron chi connectivity index (χ1n) is 5.67. The summed E-state index contributed by atoms with van der Waals surface area (Å²) in [5, 5.41) is 13.9. The summed E-state index contributed by atoms with van der Waals surface area (Å²) < 4.78 is 0. The molecule has 0 bridgehead atoms. The van der Waals surface area contributed by atoms with E-state index in [4.69, 9.17) is 5.11 Å². The highest BCUT2D eigenvalue weighted by Crippen LogP contribution is 2.16. The van der Waals surface area contributed by atoms with Crippen molar-refractivity contribution in [2.24, 2.45) is 0 Å². The highest BCUT2D eigenvalue weighted by atomic mass is 16.4. The van der Waals surface area contributed by atoms with Crippen molar-refractivity contribution in [1.29, 1.82) is 0 Å². The average Bonchev–Trinajstić information content (AvgIpc) is 2.43. The van der Waals surface area contributed by atoms with E-state index in [1.807, 2.05) is 0 Å². The van der Waals surface area contributed by atoms with Gasteiger partial charge in [0.2, 0.25) is 0 Å². The number of carboxylic acids is 1. The Labute approximate surface area is 110 Å². The number of aromatic carboxylic acids is 1. The van der Waals surface area contributed by atoms with Crippen LogP contribution in [0.5, 0.6) is 0 Å². The van der Waals surface area contributed by atoms with Crippen molar-refractivity contribution in [3.8, 4) is 0 Å². The van der Waals surface area contributed by atoms with Gasteiger partial charge in [-0.05, 0) is 18.1 Å². The van der Waals surface area contributed by atoms with Crippen LogP contribution in [-0.2, 0) is 6.42 Å². The number of carboxylic acid groups (broad SMARTS) is 1. The molecule has 0 saturated carbocycles. The summed E-state index contributed by atoms with van der Waals surface area (Å²) in [7, 11) is 2.81. The van der Waals surface area contributed by atoms with Crippen LogP contribution >= 0.6 is 0 Å². The molecule has 1 heterocycles. The van der Waals surface area contributed by atoms with E-state index in [9.17, 15) is 14.4 Å². The predicted octanol–water partition coefficient (Wildman–Crippen LogP) is 0.0614. The minimum Gasteiger partial charge on any atom is -0.478 e. The second-order valence-corrected chi connectivity index (χ2v) is 3.70. The zero-order valence-corrected chi connectivity index (χ0v) is 10.9. The van der Waals surface area contributed by atoms with Gasteiger partial charge in [-0.3, -0.25) is 9.59 Å². The number of hydrogen-bond donors (Lipinski definition) is 3. The highest BCUT2D eigenvalue weighted by molar-refractivity contribution is 6.02. The van der Waals surface area contributed by atoms with E-state index in [-0.39, 0.29) is 17.0 Å². The van der Waals surface area contributed by atoms with E-state index < -0.39 is 17.8 Å². The summed E-state index contributed by atoms with van der Waals surface area (Å²) in [6.07, 6.45) is 0.325. The number of aromatic nitrogens is 1. The smallest absolute Gasteiger partial charge is 0.336 e. The van der Waals surface area contributed by atoms with Crippen molar-refractivity contribution < 1.29 is 19.5 Å². The largest absolute Gasteiger partial charge is 0.478 e. The molecule has 1 aromatic heterocycles. The predicted molar refractivity (Wildman–Crippen MR) is 67.4 cm³/mol. The fourth-order valence-corrected chi connectivity index (χ4v) is 1.67. The third kappa shape index (κ3) is 2.87. The molecule has 2 amide bonds. The van der Waals surface area contributed by atoms with Crippen molar-refractivity contribution >= 4 is 17.8 Å². The van der Waals surface area contributed by atoms with E-state index >= 15 is 0 Å². The maximum atomic E-state index is 11.7. The van der Waals surface area contributed by atoms with E-state index in [1.165, 1.54) is 20.2 Å². The molecule has 0 radical (unpaired) electrons. The van der Waals surface area contributed by atoms with Gasteiger partial charge in [0.1, 0.15) is 11.4 Å². The SMILES string of the molecule is CCc1c(C(=O)O)cc(C(=O)NC)nc1C(=O)NC. The molecule has 0 fully saturated rings. The van der Waals surface area contributed by atoms with Crippen LogP contribution in [-0.4, -0.2) is 42.0 Å². The number of pyridine rings is 1. The Kier molecular flexibility index (Phi) is 4.57. The van der Waals surface area contributed by atoms with Crippen molar-refractivity contribution in [3.05, 3.63) is 28.6 Å². The van der Waals surface area contributed by atoms with Crippen LogP contribution in [0.2, 0.25) is 0 Å². The van der Waals surface area contributed by atoms with Gasteiger partial charge in [0.05, 0.1) is 5.56 Å². The number of carbonyl (C=O) groups excluding carboxylic acids is 2. The molecule has 19 heavy (non-hydrogen) atoms. The molecule has 7 nitrogen and oxygen atoms in total. The molecule has 1 aromatic rings. The molecular weight excluding hydrogens is 250 g/mol. The third-order valence-corrected chi connectivity index (χ3v) is 2.61. The lowest BCUT2D eigenvalue weighted by Gasteiger charge is -2.11. The van der Waals surface area contributed by atoms with Gasteiger partial charge in [-0.15, -0.1) is 0 Å². The fourth-order valence-electron chi connectivity index (χ4n) is 1.67. The first-order chi connectivity index (χ1) is 8.96. The van der Waals surface area contributed by atoms with Crippen molar-refractivity contribution in [1.82, 2.24) is 15.6 Å². The fraction of sp³-hybridized carbons (Fsp3) is 0.333. The van der Waals surface area contributed by atoms with Gasteiger partial charge < -0.3 is 15.7 Å². The van der Waals surface area contributed by atoms with E-state index in [0.717, 1.165) is 0 Å². The lowest BCUT2D eigenvalue weighted by molar-refractivity contribution is 0.0695. The molecule has 0 saturated heterocycles. The topological polar surface area (TPSA) is 108 Å². The van der Waals surface area contributed by atoms with Gasteiger partial charge in [0.25, 0.3) is 11.8 Å². The molecule has 1 rings (SSSR count). The normalized spacial score (nSPS) is 9.84. The molecule has 3 N–H and O–H groups in total. The van der Waals surface area contributed by atoms with Gasteiger partial charge in [-0.25, -0.2) is 9.78 Å². The van der Waals surface area contributed by atoms with Gasteiger partial charge >= 0.3 is 5.97 Å². The van der Waals surface area contributed by atoms with Crippen LogP contribution in [0, 0.1) is 0 Å². The van der Waals surface area contributed by atoms with Crippen LogP contribution < -0.4 is 10.6 Å². The Balaban J connectivity index is 3.58. The summed E-state index contributed by atoms with van der Waals surface area (Å²) in [5.41, 5.74) is 0.0772. The molecule has 0 unspecified atom stereocenters. The van der Waals surface area contributed by atoms with Crippen molar-refractivity contribution in [2.45, 2.75) is 13.3 Å². The summed E-state index contributed by atoms with van der Waals surface area (Å²) in [4.78, 5) is 38.4. The first-order valence-corrected chi connectivity index (χ1v) is 5.67. The highest BCUT2D eigenvalue weighted by Gasteiger charge is 2.22. The third-order valence-electron chi connectivity index (χ3n) is 2.61. The summed E-state index contributed by atoms with van der Waals surface area (Å²) in [6.45, 7) is 1.72. The van der Waals surface area contributed by atoms with Crippen molar-refractivity contribution in [3.63, 3.8) is 0 Å². The Morgan fingerprint density at radius 2 is 1.79 bits per heavy atom. The number of amides is 2. The summed E-state index contributed by atoms with van der Waals surface area (Å²) in [6, 6.07) is 1.17. The molecule has 0 aliphatic heterocycles. The quantitative estimate of drug-likeness (QED) is 0.713. The molecule has 0 atom stereocenters. The van der Waals surface area contributed by atoms with Crippen LogP contribution in [0.4, 0.5) is 0 Å². The Hall–Kier alpha value is -2.44. The van der Waals surface area contributed by atoms with E-state index in [2.05, 4.69) is 15.6 Å². The zero-order chi connectivity index (χ0) is 14.6. The van der Waals surface area contributed by atoms with Gasteiger partial charge in [-0.2, -0.15) is 0 Å². The van der Waals surface area contributed by atoms with E-state index in [0.29, 0.717) is 12.0 Å². The van der Waals surface area contributed by atoms with Crippen LogP contribution in [0.3, 0.4) is 0 Å². The molecule has 0 aromatic carbocycles. The zero-order valence-electron chi connectivity index (χ0n) is 10.9. The van der Waals surface area contributed by atoms with Crippen LogP contribution in [0.25, 0.3) is 0 Å². The molecule has 0 aliphatic rings. The van der Waals surface area contributed by atoms with Crippen LogP contribution in [0.1, 0.15) is 43.8 Å². The lowest BCUT2D eigenvalue weighted by Crippen LogP contribution is -2.26. The Bertz CT molecular complexity index is 540. The van der Waals surface area contributed by atoms with Crippen molar-refractivity contribution in [2.75, 3.05) is 14.1 Å². The first kappa shape index (κ1) is 14.6. The molecule has 102 valence electrons. The second kappa shape index (κ2) is 5.94. The molecule has 0 spiro atoms. The number of rotatable bonds is 4. The Morgan fingerprint density at radius 1 is 1.21 bits per heavy atom. The molecular formula is C12H15N3O4. The minimum absolute atomic E-state index is 0.0384. The number of carbonyl (C=O) groups is 3. The molecule has 0 aliphatic carbocycles. The minimum atomic E-state index is -1.20. The monoisotopic (exact) mass is 265 g/mol. The van der Waals surface area contributed by atoms with Gasteiger partial charge in [0.15, 0.2) is 0 Å². The average molecular weight is 265 g/mol. The maximum Gasteiger partial charge on any atom is 0.336 e. The Morgan fingerprint density at radius 3 is 2.21 bits per heavy atom. The summed E-state index contributed by atoms with van der Waals surface area (Å²) >= 11 is 0. The van der Waals surface area contributed by atoms with E-state index in [1.54, 1.807) is 6.92 Å². The lowest BCUT2D eigenvalue weighted by atomic mass is 10.0. The van der Waals surface area contributed by atoms with Gasteiger partial charge in [0, 0.05) is 14.1 Å². The van der Waals surface area contributed by atoms with Gasteiger partial charge in [-0.1, -0.05) is 6.92 Å². The van der Waals surface area contributed by atoms with Crippen LogP contribution in [0.15, 0.2) is 6.07 Å². The standard InChI is InChI=1S/C12H15N3O4/c1-4-6-7(12(18)19)5-8(10(16)13-2)15-9(6)11(17)14-3/h5H,4H2,1-3H3,(H,13,16)(H,14,17)(H,18,19). The second-order valence-electron chi connectivity index (χ2n) is 3.70. The maximum absolute atomic E-state index is 11.7. The number of hydrogen-bond acceptors (Lipinski definition) is 4. The molecule has 7 heteroatoms. The summed E-state index contributed by atoms with van der Waals surface area (Å²) in [5.74, 6) is -2.27.